The molecule has 0 atom stereocenters. The molecule has 0 aliphatic rings. The fraction of sp³-hybridized carbons (Fsp3) is 0. The van der Waals surface area contributed by atoms with Crippen LogP contribution in [0.25, 0.3) is 16.9 Å². The molecule has 2 aromatic heterocycles. The van der Waals surface area contributed by atoms with Gasteiger partial charge < -0.3 is 5.11 Å². The van der Waals surface area contributed by atoms with Crippen molar-refractivity contribution in [2.24, 2.45) is 0 Å². The molecule has 0 unspecified atom stereocenters. The quantitative estimate of drug-likeness (QED) is 0.688. The zero-order chi connectivity index (χ0) is 13.6. The van der Waals surface area contributed by atoms with Crippen LogP contribution in [0.4, 0.5) is 0 Å². The third-order valence-corrected chi connectivity index (χ3v) is 3.94. The van der Waals surface area contributed by atoms with E-state index in [1.165, 1.54) is 6.07 Å². The lowest BCUT2D eigenvalue weighted by Crippen LogP contribution is -1.95. The summed E-state index contributed by atoms with van der Waals surface area (Å²) < 4.78 is 1.64. The van der Waals surface area contributed by atoms with E-state index in [1.54, 1.807) is 29.1 Å². The van der Waals surface area contributed by atoms with Gasteiger partial charge in [0.1, 0.15) is 11.8 Å². The van der Waals surface area contributed by atoms with Gasteiger partial charge >= 0.3 is 0 Å². The Balaban J connectivity index is 2.31. The summed E-state index contributed by atoms with van der Waals surface area (Å²) in [5.41, 5.74) is 1.72. The van der Waals surface area contributed by atoms with Gasteiger partial charge in [-0.2, -0.15) is 4.98 Å². The Morgan fingerprint density at radius 1 is 1.00 bits per heavy atom. The molecule has 3 aromatic rings. The lowest BCUT2D eigenvalue weighted by atomic mass is 10.3. The maximum Gasteiger partial charge on any atom is 0.212 e. The van der Waals surface area contributed by atoms with Crippen molar-refractivity contribution in [3.8, 4) is 11.6 Å². The highest BCUT2D eigenvalue weighted by molar-refractivity contribution is 6.48. The predicted molar refractivity (Wildman–Crippen MR) is 75.6 cm³/mol. The Bertz CT molecular complexity index is 785. The highest BCUT2D eigenvalue weighted by Gasteiger charge is 2.13. The van der Waals surface area contributed by atoms with E-state index in [9.17, 15) is 5.11 Å². The van der Waals surface area contributed by atoms with Gasteiger partial charge in [0.15, 0.2) is 5.65 Å². The number of halogens is 3. The van der Waals surface area contributed by atoms with Gasteiger partial charge in [-0.05, 0) is 18.2 Å². The summed E-state index contributed by atoms with van der Waals surface area (Å²) in [5.74, 6) is -0.0922. The zero-order valence-electron chi connectivity index (χ0n) is 9.31. The molecule has 1 aromatic carbocycles. The number of aromatic nitrogens is 3. The van der Waals surface area contributed by atoms with Crippen LogP contribution in [0.15, 0.2) is 30.6 Å². The van der Waals surface area contributed by atoms with Gasteiger partial charge in [0.25, 0.3) is 0 Å². The third-order valence-electron chi connectivity index (χ3n) is 2.65. The normalized spacial score (nSPS) is 11.1. The van der Waals surface area contributed by atoms with Crippen molar-refractivity contribution in [2.75, 3.05) is 0 Å². The molecule has 0 saturated carbocycles. The topological polar surface area (TPSA) is 50.9 Å². The SMILES string of the molecule is Oc1ccc2ncn(-c3ccc(Cl)c(Cl)c3Cl)c2n1. The summed E-state index contributed by atoms with van der Waals surface area (Å²) >= 11 is 18.1. The summed E-state index contributed by atoms with van der Waals surface area (Å²) in [4.78, 5) is 8.21. The first-order chi connectivity index (χ1) is 9.08. The Labute approximate surface area is 123 Å². The second-order valence-electron chi connectivity index (χ2n) is 3.82. The number of hydrogen-bond donors (Lipinski definition) is 1. The molecule has 2 heterocycles. The van der Waals surface area contributed by atoms with Crippen LogP contribution in [-0.4, -0.2) is 19.6 Å². The van der Waals surface area contributed by atoms with Crippen LogP contribution >= 0.6 is 34.8 Å². The molecule has 7 heteroatoms. The van der Waals surface area contributed by atoms with Crippen LogP contribution in [0, 0.1) is 0 Å². The number of rotatable bonds is 1. The molecule has 19 heavy (non-hydrogen) atoms. The molecule has 0 spiro atoms. The number of fused-ring (bicyclic) bond motifs is 1. The van der Waals surface area contributed by atoms with Gasteiger partial charge in [-0.1, -0.05) is 34.8 Å². The molecule has 3 rings (SSSR count). The summed E-state index contributed by atoms with van der Waals surface area (Å²) in [7, 11) is 0. The Kier molecular flexibility index (Phi) is 3.01. The molecular formula is C12H6Cl3N3O. The minimum atomic E-state index is -0.0922. The average Bonchev–Trinajstić information content (AvgIpc) is 2.79. The zero-order valence-corrected chi connectivity index (χ0v) is 11.6. The van der Waals surface area contributed by atoms with Gasteiger partial charge in [0, 0.05) is 6.07 Å². The molecule has 0 fully saturated rings. The highest BCUT2D eigenvalue weighted by Crippen LogP contribution is 2.35. The van der Waals surface area contributed by atoms with Gasteiger partial charge in [0.05, 0.1) is 20.8 Å². The fourth-order valence-electron chi connectivity index (χ4n) is 1.76. The summed E-state index contributed by atoms with van der Waals surface area (Å²) in [5, 5.41) is 10.4. The van der Waals surface area contributed by atoms with E-state index in [2.05, 4.69) is 9.97 Å². The number of nitrogens with zero attached hydrogens (tertiary/aromatic N) is 3. The van der Waals surface area contributed by atoms with E-state index in [0.717, 1.165) is 0 Å². The van der Waals surface area contributed by atoms with E-state index < -0.39 is 0 Å². The lowest BCUT2D eigenvalue weighted by molar-refractivity contribution is 0.455. The van der Waals surface area contributed by atoms with Gasteiger partial charge in [-0.15, -0.1) is 0 Å². The van der Waals surface area contributed by atoms with Crippen LogP contribution in [0.5, 0.6) is 5.88 Å². The monoisotopic (exact) mass is 313 g/mol. The number of aromatic hydroxyl groups is 1. The number of pyridine rings is 1. The van der Waals surface area contributed by atoms with E-state index in [-0.39, 0.29) is 10.9 Å². The van der Waals surface area contributed by atoms with Gasteiger partial charge in [0.2, 0.25) is 5.88 Å². The molecule has 0 amide bonds. The molecule has 0 radical (unpaired) electrons. The van der Waals surface area contributed by atoms with Crippen molar-refractivity contribution < 1.29 is 5.11 Å². The molecule has 0 bridgehead atoms. The second kappa shape index (κ2) is 4.56. The lowest BCUT2D eigenvalue weighted by Gasteiger charge is -2.08. The minimum Gasteiger partial charge on any atom is -0.493 e. The summed E-state index contributed by atoms with van der Waals surface area (Å²) in [6.07, 6.45) is 1.56. The molecule has 0 aliphatic carbocycles. The van der Waals surface area contributed by atoms with Crippen molar-refractivity contribution in [1.82, 2.24) is 14.5 Å². The highest BCUT2D eigenvalue weighted by atomic mass is 35.5. The molecule has 4 nitrogen and oxygen atoms in total. The van der Waals surface area contributed by atoms with Crippen molar-refractivity contribution in [1.29, 1.82) is 0 Å². The third kappa shape index (κ3) is 2.02. The van der Waals surface area contributed by atoms with Crippen LogP contribution in [-0.2, 0) is 0 Å². The maximum atomic E-state index is 9.46. The number of imidazole rings is 1. The molecule has 0 saturated heterocycles. The standard InChI is InChI=1S/C12H6Cl3N3O/c13-6-1-3-8(11(15)10(6)14)18-5-16-7-2-4-9(19)17-12(7)18/h1-5H,(H,17,19). The van der Waals surface area contributed by atoms with E-state index in [1.807, 2.05) is 0 Å². The Morgan fingerprint density at radius 2 is 1.79 bits per heavy atom. The van der Waals surface area contributed by atoms with E-state index >= 15 is 0 Å². The van der Waals surface area contributed by atoms with Gasteiger partial charge in [-0.3, -0.25) is 4.57 Å². The first kappa shape index (κ1) is 12.5. The first-order valence-corrected chi connectivity index (χ1v) is 6.38. The number of benzene rings is 1. The van der Waals surface area contributed by atoms with Crippen molar-refractivity contribution >= 4 is 46.0 Å². The van der Waals surface area contributed by atoms with Crippen molar-refractivity contribution in [3.63, 3.8) is 0 Å². The summed E-state index contributed by atoms with van der Waals surface area (Å²) in [6, 6.07) is 6.48. The van der Waals surface area contributed by atoms with Crippen molar-refractivity contribution in [2.45, 2.75) is 0 Å². The Morgan fingerprint density at radius 3 is 2.58 bits per heavy atom. The Hall–Kier alpha value is -1.49. The number of hydrogen-bond acceptors (Lipinski definition) is 3. The van der Waals surface area contributed by atoms with Crippen LogP contribution < -0.4 is 0 Å². The average molecular weight is 315 g/mol. The second-order valence-corrected chi connectivity index (χ2v) is 4.98. The molecule has 96 valence electrons. The van der Waals surface area contributed by atoms with Gasteiger partial charge in [-0.25, -0.2) is 4.98 Å². The smallest absolute Gasteiger partial charge is 0.212 e. The molecule has 1 N–H and O–H groups in total. The predicted octanol–water partition coefficient (Wildman–Crippen LogP) is 4.09. The summed E-state index contributed by atoms with van der Waals surface area (Å²) in [6.45, 7) is 0. The fourth-order valence-corrected chi connectivity index (χ4v) is 2.38. The van der Waals surface area contributed by atoms with Crippen molar-refractivity contribution in [3.05, 3.63) is 45.7 Å². The van der Waals surface area contributed by atoms with Crippen LogP contribution in [0.1, 0.15) is 0 Å². The molecule has 0 aliphatic heterocycles. The van der Waals surface area contributed by atoms with E-state index in [0.29, 0.717) is 26.9 Å². The van der Waals surface area contributed by atoms with E-state index in [4.69, 9.17) is 34.8 Å². The molecular weight excluding hydrogens is 309 g/mol. The van der Waals surface area contributed by atoms with Crippen LogP contribution in [0.2, 0.25) is 15.1 Å². The largest absolute Gasteiger partial charge is 0.493 e. The first-order valence-electron chi connectivity index (χ1n) is 5.25. The van der Waals surface area contributed by atoms with Crippen LogP contribution in [0.3, 0.4) is 0 Å². The maximum absolute atomic E-state index is 9.46. The minimum absolute atomic E-state index is 0.0922.